The number of aromatic carboxylic acids is 1. The molecule has 8 heteroatoms. The summed E-state index contributed by atoms with van der Waals surface area (Å²) in [5.41, 5.74) is 3.19. The molecule has 1 atom stereocenters. The molecule has 0 bridgehead atoms. The highest BCUT2D eigenvalue weighted by Gasteiger charge is 2.32. The fourth-order valence-electron chi connectivity index (χ4n) is 4.40. The van der Waals surface area contributed by atoms with E-state index in [1.165, 1.54) is 13.0 Å². The molecule has 1 saturated heterocycles. The molecule has 1 fully saturated rings. The van der Waals surface area contributed by atoms with Crippen LogP contribution < -0.4 is 4.90 Å². The van der Waals surface area contributed by atoms with Crippen LogP contribution in [0.3, 0.4) is 0 Å². The summed E-state index contributed by atoms with van der Waals surface area (Å²) in [6.45, 7) is 3.99. The van der Waals surface area contributed by atoms with Crippen molar-refractivity contribution >= 4 is 34.3 Å². The van der Waals surface area contributed by atoms with E-state index in [4.69, 9.17) is 0 Å². The van der Waals surface area contributed by atoms with Crippen molar-refractivity contribution in [3.8, 4) is 0 Å². The number of aliphatic carboxylic acids is 1. The van der Waals surface area contributed by atoms with E-state index in [-0.39, 0.29) is 11.3 Å². The predicted molar refractivity (Wildman–Crippen MR) is 120 cm³/mol. The van der Waals surface area contributed by atoms with Crippen molar-refractivity contribution in [1.29, 1.82) is 0 Å². The van der Waals surface area contributed by atoms with Crippen LogP contribution in [-0.2, 0) is 11.8 Å². The molecule has 1 aromatic heterocycles. The number of carboxylic acids is 2. The van der Waals surface area contributed by atoms with Gasteiger partial charge in [-0.05, 0) is 43.3 Å². The molecule has 0 radical (unpaired) electrons. The van der Waals surface area contributed by atoms with Gasteiger partial charge in [0.15, 0.2) is 5.78 Å². The third-order valence-electron chi connectivity index (χ3n) is 6.12. The van der Waals surface area contributed by atoms with Gasteiger partial charge in [0, 0.05) is 67.1 Å². The minimum Gasteiger partial charge on any atom is -0.480 e. The molecule has 0 aliphatic carbocycles. The molecule has 2 N–H and O–H groups in total. The van der Waals surface area contributed by atoms with Gasteiger partial charge in [-0.25, -0.2) is 4.79 Å². The molecule has 2 heterocycles. The van der Waals surface area contributed by atoms with Crippen molar-refractivity contribution < 1.29 is 24.6 Å². The average molecular weight is 435 g/mol. The number of aromatic nitrogens is 1. The smallest absolute Gasteiger partial charge is 0.335 e. The van der Waals surface area contributed by atoms with Crippen molar-refractivity contribution in [2.45, 2.75) is 13.0 Å². The number of ketones is 1. The molecular formula is C24H25N3O5. The highest BCUT2D eigenvalue weighted by Crippen LogP contribution is 2.32. The van der Waals surface area contributed by atoms with Crippen molar-refractivity contribution in [2.75, 3.05) is 31.1 Å². The Kier molecular flexibility index (Phi) is 5.71. The van der Waals surface area contributed by atoms with Gasteiger partial charge >= 0.3 is 11.9 Å². The Balaban J connectivity index is 1.56. The van der Waals surface area contributed by atoms with Gasteiger partial charge in [0.1, 0.15) is 6.04 Å². The Labute approximate surface area is 185 Å². The number of hydrogen-bond acceptors (Lipinski definition) is 5. The number of benzene rings is 2. The van der Waals surface area contributed by atoms with Crippen LogP contribution in [-0.4, -0.2) is 63.6 Å². The molecule has 1 aliphatic heterocycles. The van der Waals surface area contributed by atoms with Crippen molar-refractivity contribution in [2.24, 2.45) is 7.05 Å². The summed E-state index contributed by atoms with van der Waals surface area (Å²) in [5, 5.41) is 20.1. The molecule has 1 aliphatic rings. The second-order valence-corrected chi connectivity index (χ2v) is 8.10. The van der Waals surface area contributed by atoms with Gasteiger partial charge in [-0.15, -0.1) is 0 Å². The Bertz CT molecular complexity index is 1190. The highest BCUT2D eigenvalue weighted by atomic mass is 16.4. The molecule has 4 rings (SSSR count). The lowest BCUT2D eigenvalue weighted by atomic mass is 10.0. The largest absolute Gasteiger partial charge is 0.480 e. The van der Waals surface area contributed by atoms with E-state index < -0.39 is 18.0 Å². The average Bonchev–Trinajstić information content (AvgIpc) is 3.09. The molecule has 0 spiro atoms. The third-order valence-corrected chi connectivity index (χ3v) is 6.12. The summed E-state index contributed by atoms with van der Waals surface area (Å²) in [4.78, 5) is 39.2. The van der Waals surface area contributed by atoms with E-state index in [1.54, 1.807) is 29.9 Å². The quantitative estimate of drug-likeness (QED) is 0.574. The minimum atomic E-state index is -1.02. The summed E-state index contributed by atoms with van der Waals surface area (Å²) >= 11 is 0. The molecule has 0 amide bonds. The van der Waals surface area contributed by atoms with Gasteiger partial charge in [0.2, 0.25) is 0 Å². The first-order valence-corrected chi connectivity index (χ1v) is 10.4. The Hall–Kier alpha value is -3.65. The fourth-order valence-corrected chi connectivity index (χ4v) is 4.40. The van der Waals surface area contributed by atoms with Crippen LogP contribution in [0.5, 0.6) is 0 Å². The first-order valence-electron chi connectivity index (χ1n) is 10.4. The highest BCUT2D eigenvalue weighted by molar-refractivity contribution is 5.96. The number of rotatable bonds is 6. The van der Waals surface area contributed by atoms with Crippen LogP contribution in [0.15, 0.2) is 48.7 Å². The maximum atomic E-state index is 12.3. The van der Waals surface area contributed by atoms with Crippen molar-refractivity contribution in [3.63, 3.8) is 0 Å². The lowest BCUT2D eigenvalue weighted by Crippen LogP contribution is -2.49. The Morgan fingerprint density at radius 3 is 2.09 bits per heavy atom. The zero-order chi connectivity index (χ0) is 23.0. The Morgan fingerprint density at radius 1 is 0.906 bits per heavy atom. The number of carbonyl (C=O) groups is 3. The van der Waals surface area contributed by atoms with Crippen LogP contribution >= 0.6 is 0 Å². The summed E-state index contributed by atoms with van der Waals surface area (Å²) in [6.07, 6.45) is 1.78. The predicted octanol–water partition coefficient (Wildman–Crippen LogP) is 3.03. The van der Waals surface area contributed by atoms with Gasteiger partial charge in [-0.1, -0.05) is 6.07 Å². The number of nitrogens with zero attached hydrogens (tertiary/aromatic N) is 3. The van der Waals surface area contributed by atoms with E-state index in [9.17, 15) is 24.6 Å². The van der Waals surface area contributed by atoms with Crippen LogP contribution in [0.25, 0.3) is 10.9 Å². The van der Waals surface area contributed by atoms with Gasteiger partial charge in [0.25, 0.3) is 0 Å². The topological polar surface area (TPSA) is 103 Å². The number of hydrogen-bond donors (Lipinski definition) is 2. The van der Waals surface area contributed by atoms with E-state index in [0.717, 1.165) is 11.1 Å². The third kappa shape index (κ3) is 3.97. The summed E-state index contributed by atoms with van der Waals surface area (Å²) in [5.74, 6) is -1.92. The summed E-state index contributed by atoms with van der Waals surface area (Å²) in [7, 11) is 1.79. The molecule has 0 saturated carbocycles. The normalized spacial score (nSPS) is 15.6. The molecule has 3 aromatic rings. The molecule has 166 valence electrons. The van der Waals surface area contributed by atoms with Crippen LogP contribution in [0.2, 0.25) is 0 Å². The van der Waals surface area contributed by atoms with E-state index in [2.05, 4.69) is 4.90 Å². The molecular weight excluding hydrogens is 410 g/mol. The number of fused-ring (bicyclic) bond motifs is 1. The van der Waals surface area contributed by atoms with Crippen LogP contribution in [0, 0.1) is 0 Å². The number of carboxylic acid groups (broad SMARTS) is 2. The van der Waals surface area contributed by atoms with Gasteiger partial charge < -0.3 is 19.7 Å². The second kappa shape index (κ2) is 8.47. The van der Waals surface area contributed by atoms with Crippen molar-refractivity contribution in [1.82, 2.24) is 9.47 Å². The number of aryl methyl sites for hydroxylation is 1. The molecule has 32 heavy (non-hydrogen) atoms. The zero-order valence-corrected chi connectivity index (χ0v) is 18.0. The van der Waals surface area contributed by atoms with Gasteiger partial charge in [-0.2, -0.15) is 0 Å². The van der Waals surface area contributed by atoms with Crippen molar-refractivity contribution in [3.05, 3.63) is 65.4 Å². The van der Waals surface area contributed by atoms with E-state index in [0.29, 0.717) is 42.8 Å². The molecule has 0 unspecified atom stereocenters. The molecule has 2 aromatic carbocycles. The summed E-state index contributed by atoms with van der Waals surface area (Å²) in [6, 6.07) is 11.4. The van der Waals surface area contributed by atoms with Crippen LogP contribution in [0.4, 0.5) is 5.69 Å². The number of Topliss-reactive ketones (excluding diaryl/α,β-unsaturated/α-hetero) is 1. The maximum absolute atomic E-state index is 12.3. The minimum absolute atomic E-state index is 0.0243. The SMILES string of the molecule is CC(=O)c1ccc(N2CCN([C@@H](C(=O)O)c3cn(C)c4cc(C(=O)O)ccc34)CC2)cc1. The zero-order valence-electron chi connectivity index (χ0n) is 18.0. The first kappa shape index (κ1) is 21.6. The lowest BCUT2D eigenvalue weighted by molar-refractivity contribution is -0.143. The molecule has 8 nitrogen and oxygen atoms in total. The standard InChI is InChI=1S/C24H25N3O5/c1-15(28)16-3-6-18(7-4-16)26-9-11-27(12-10-26)22(24(31)32)20-14-25(2)21-13-17(23(29)30)5-8-19(20)21/h3-8,13-14,22H,9-12H2,1-2H3,(H,29,30)(H,31,32)/t22-/m1/s1. The first-order chi connectivity index (χ1) is 15.3. The van der Waals surface area contributed by atoms with E-state index in [1.807, 2.05) is 29.2 Å². The summed E-state index contributed by atoms with van der Waals surface area (Å²) < 4.78 is 1.78. The van der Waals surface area contributed by atoms with Gasteiger partial charge in [0.05, 0.1) is 5.56 Å². The second-order valence-electron chi connectivity index (χ2n) is 8.10. The fraction of sp³-hybridized carbons (Fsp3) is 0.292. The van der Waals surface area contributed by atoms with Crippen LogP contribution in [0.1, 0.15) is 39.2 Å². The lowest BCUT2D eigenvalue weighted by Gasteiger charge is -2.38. The Morgan fingerprint density at radius 2 is 1.53 bits per heavy atom. The monoisotopic (exact) mass is 435 g/mol. The number of piperazine rings is 1. The van der Waals surface area contributed by atoms with E-state index >= 15 is 0 Å². The number of anilines is 1. The number of carbonyl (C=O) groups excluding carboxylic acids is 1. The van der Waals surface area contributed by atoms with Gasteiger partial charge in [-0.3, -0.25) is 14.5 Å². The maximum Gasteiger partial charge on any atom is 0.335 e.